The van der Waals surface area contributed by atoms with Gasteiger partial charge in [0, 0.05) is 6.20 Å². The molecule has 2 nitrogen and oxygen atoms in total. The van der Waals surface area contributed by atoms with Gasteiger partial charge in [0.1, 0.15) is 6.29 Å². The highest BCUT2D eigenvalue weighted by atomic mass is 16.1. The highest BCUT2D eigenvalue weighted by molar-refractivity contribution is 5.68. The third-order valence-corrected chi connectivity index (χ3v) is 2.90. The van der Waals surface area contributed by atoms with Gasteiger partial charge < -0.3 is 4.79 Å². The molecular formula is C11H13NO. The van der Waals surface area contributed by atoms with E-state index in [4.69, 9.17) is 0 Å². The Kier molecular flexibility index (Phi) is 2.13. The third-order valence-electron chi connectivity index (χ3n) is 2.90. The fraction of sp³-hybridized carbons (Fsp3) is 0.455. The first kappa shape index (κ1) is 8.42. The molecule has 2 rings (SSSR count). The van der Waals surface area contributed by atoms with Crippen LogP contribution >= 0.6 is 0 Å². The maximum atomic E-state index is 11.1. The summed E-state index contributed by atoms with van der Waals surface area (Å²) < 4.78 is 0. The molecule has 0 unspecified atom stereocenters. The largest absolute Gasteiger partial charge is 0.302 e. The van der Waals surface area contributed by atoms with Crippen LogP contribution in [0.5, 0.6) is 0 Å². The summed E-state index contributed by atoms with van der Waals surface area (Å²) in [5, 5.41) is 0. The van der Waals surface area contributed by atoms with Crippen LogP contribution in [0.15, 0.2) is 24.4 Å². The van der Waals surface area contributed by atoms with Crippen molar-refractivity contribution in [1.82, 2.24) is 4.98 Å². The molecule has 0 saturated heterocycles. The van der Waals surface area contributed by atoms with Crippen molar-refractivity contribution in [3.63, 3.8) is 0 Å². The number of carbonyl (C=O) groups excluding carboxylic acids is 1. The minimum atomic E-state index is -0.263. The van der Waals surface area contributed by atoms with E-state index in [2.05, 4.69) is 4.98 Å². The number of carbonyl (C=O) groups is 1. The zero-order valence-electron chi connectivity index (χ0n) is 7.57. The standard InChI is InChI=1S/C11H13NO/c13-9-11(6-2-3-7-11)10-5-1-4-8-12-10/h1,4-5,8-9H,2-3,6-7H2. The van der Waals surface area contributed by atoms with Gasteiger partial charge in [0.15, 0.2) is 0 Å². The van der Waals surface area contributed by atoms with Gasteiger partial charge in [0.25, 0.3) is 0 Å². The van der Waals surface area contributed by atoms with E-state index in [9.17, 15) is 4.79 Å². The maximum absolute atomic E-state index is 11.1. The Hall–Kier alpha value is -1.18. The minimum Gasteiger partial charge on any atom is -0.302 e. The van der Waals surface area contributed by atoms with Gasteiger partial charge in [-0.25, -0.2) is 0 Å². The Balaban J connectivity index is 2.36. The summed E-state index contributed by atoms with van der Waals surface area (Å²) in [5.74, 6) is 0. The second-order valence-electron chi connectivity index (χ2n) is 3.70. The summed E-state index contributed by atoms with van der Waals surface area (Å²) in [5.41, 5.74) is 0.684. The molecule has 0 radical (unpaired) electrons. The fourth-order valence-corrected chi connectivity index (χ4v) is 2.10. The summed E-state index contributed by atoms with van der Waals surface area (Å²) in [7, 11) is 0. The van der Waals surface area contributed by atoms with Crippen LogP contribution < -0.4 is 0 Å². The van der Waals surface area contributed by atoms with E-state index < -0.39 is 0 Å². The lowest BCUT2D eigenvalue weighted by molar-refractivity contribution is -0.112. The molecular weight excluding hydrogens is 162 g/mol. The van der Waals surface area contributed by atoms with Crippen LogP contribution in [0.4, 0.5) is 0 Å². The highest BCUT2D eigenvalue weighted by Gasteiger charge is 2.36. The lowest BCUT2D eigenvalue weighted by Gasteiger charge is -2.20. The van der Waals surface area contributed by atoms with Crippen molar-refractivity contribution >= 4 is 6.29 Å². The van der Waals surface area contributed by atoms with Crippen LogP contribution in [-0.4, -0.2) is 11.3 Å². The Bertz CT molecular complexity index is 288. The molecule has 0 aromatic carbocycles. The monoisotopic (exact) mass is 175 g/mol. The molecule has 0 atom stereocenters. The molecule has 0 aliphatic heterocycles. The van der Waals surface area contributed by atoms with E-state index in [0.29, 0.717) is 0 Å². The number of rotatable bonds is 2. The van der Waals surface area contributed by atoms with Crippen LogP contribution in [0.3, 0.4) is 0 Å². The predicted molar refractivity (Wildman–Crippen MR) is 50.4 cm³/mol. The molecule has 1 aromatic rings. The Morgan fingerprint density at radius 2 is 2.08 bits per heavy atom. The topological polar surface area (TPSA) is 30.0 Å². The molecule has 0 N–H and O–H groups in total. The van der Waals surface area contributed by atoms with E-state index in [-0.39, 0.29) is 5.41 Å². The molecule has 1 aliphatic carbocycles. The molecule has 0 amide bonds. The maximum Gasteiger partial charge on any atom is 0.132 e. The van der Waals surface area contributed by atoms with E-state index in [1.54, 1.807) is 6.20 Å². The zero-order chi connectivity index (χ0) is 9.15. The average Bonchev–Trinajstić information content (AvgIpc) is 2.69. The van der Waals surface area contributed by atoms with E-state index in [0.717, 1.165) is 37.7 Å². The van der Waals surface area contributed by atoms with Crippen LogP contribution in [0.1, 0.15) is 31.4 Å². The van der Waals surface area contributed by atoms with Gasteiger partial charge in [-0.05, 0) is 25.0 Å². The Labute approximate surface area is 78.0 Å². The molecule has 13 heavy (non-hydrogen) atoms. The molecule has 1 fully saturated rings. The van der Waals surface area contributed by atoms with Gasteiger partial charge in [-0.3, -0.25) is 4.98 Å². The normalized spacial score (nSPS) is 20.0. The molecule has 0 bridgehead atoms. The molecule has 0 spiro atoms. The number of hydrogen-bond donors (Lipinski definition) is 0. The summed E-state index contributed by atoms with van der Waals surface area (Å²) in [6.07, 6.45) is 7.08. The van der Waals surface area contributed by atoms with Crippen molar-refractivity contribution in [3.05, 3.63) is 30.1 Å². The van der Waals surface area contributed by atoms with Crippen LogP contribution in [0.25, 0.3) is 0 Å². The summed E-state index contributed by atoms with van der Waals surface area (Å²) >= 11 is 0. The third kappa shape index (κ3) is 1.37. The zero-order valence-corrected chi connectivity index (χ0v) is 7.57. The smallest absolute Gasteiger partial charge is 0.132 e. The first-order valence-electron chi connectivity index (χ1n) is 4.75. The number of pyridine rings is 1. The molecule has 1 heterocycles. The SMILES string of the molecule is O=CC1(c2ccccn2)CCCC1. The van der Waals surface area contributed by atoms with Crippen molar-refractivity contribution in [2.75, 3.05) is 0 Å². The lowest BCUT2D eigenvalue weighted by atomic mass is 9.84. The minimum absolute atomic E-state index is 0.263. The average molecular weight is 175 g/mol. The highest BCUT2D eigenvalue weighted by Crippen LogP contribution is 2.37. The van der Waals surface area contributed by atoms with Crippen LogP contribution in [0, 0.1) is 0 Å². The van der Waals surface area contributed by atoms with Crippen molar-refractivity contribution in [3.8, 4) is 0 Å². The first-order valence-corrected chi connectivity index (χ1v) is 4.75. The van der Waals surface area contributed by atoms with Gasteiger partial charge >= 0.3 is 0 Å². The number of hydrogen-bond acceptors (Lipinski definition) is 2. The quantitative estimate of drug-likeness (QED) is 0.644. The van der Waals surface area contributed by atoms with E-state index in [1.807, 2.05) is 18.2 Å². The molecule has 2 heteroatoms. The van der Waals surface area contributed by atoms with Crippen molar-refractivity contribution in [1.29, 1.82) is 0 Å². The second kappa shape index (κ2) is 3.29. The summed E-state index contributed by atoms with van der Waals surface area (Å²) in [4.78, 5) is 15.4. The summed E-state index contributed by atoms with van der Waals surface area (Å²) in [6, 6.07) is 5.79. The summed E-state index contributed by atoms with van der Waals surface area (Å²) in [6.45, 7) is 0. The second-order valence-corrected chi connectivity index (χ2v) is 3.70. The van der Waals surface area contributed by atoms with Crippen molar-refractivity contribution in [2.45, 2.75) is 31.1 Å². The van der Waals surface area contributed by atoms with Crippen molar-refractivity contribution < 1.29 is 4.79 Å². The molecule has 1 saturated carbocycles. The predicted octanol–water partition coefficient (Wildman–Crippen LogP) is 2.09. The first-order chi connectivity index (χ1) is 6.37. The van der Waals surface area contributed by atoms with Crippen LogP contribution in [0.2, 0.25) is 0 Å². The number of nitrogens with zero attached hydrogens (tertiary/aromatic N) is 1. The molecule has 68 valence electrons. The Morgan fingerprint density at radius 3 is 2.62 bits per heavy atom. The van der Waals surface area contributed by atoms with Gasteiger partial charge in [-0.1, -0.05) is 18.9 Å². The number of aldehydes is 1. The molecule has 1 aliphatic rings. The lowest BCUT2D eigenvalue weighted by Crippen LogP contribution is -2.24. The Morgan fingerprint density at radius 1 is 1.31 bits per heavy atom. The van der Waals surface area contributed by atoms with Gasteiger partial charge in [-0.15, -0.1) is 0 Å². The van der Waals surface area contributed by atoms with Crippen LogP contribution in [-0.2, 0) is 10.2 Å². The van der Waals surface area contributed by atoms with Gasteiger partial charge in [0.2, 0.25) is 0 Å². The van der Waals surface area contributed by atoms with Gasteiger partial charge in [0.05, 0.1) is 11.1 Å². The van der Waals surface area contributed by atoms with Gasteiger partial charge in [-0.2, -0.15) is 0 Å². The number of aromatic nitrogens is 1. The molecule has 1 aromatic heterocycles. The van der Waals surface area contributed by atoms with E-state index in [1.165, 1.54) is 0 Å². The van der Waals surface area contributed by atoms with Crippen molar-refractivity contribution in [2.24, 2.45) is 0 Å². The van der Waals surface area contributed by atoms with E-state index >= 15 is 0 Å². The fourth-order valence-electron chi connectivity index (χ4n) is 2.10.